The highest BCUT2D eigenvalue weighted by atomic mass is 79.9. The maximum Gasteiger partial charge on any atom is 0.187 e. The summed E-state index contributed by atoms with van der Waals surface area (Å²) in [5.74, 6) is 0.514. The van der Waals surface area contributed by atoms with E-state index in [1.165, 1.54) is 11.3 Å². The first kappa shape index (κ1) is 12.2. The second kappa shape index (κ2) is 5.40. The zero-order valence-electron chi connectivity index (χ0n) is 8.86. The Balaban J connectivity index is 1.91. The van der Waals surface area contributed by atoms with Crippen LogP contribution in [0.5, 0.6) is 0 Å². The molecule has 3 nitrogen and oxygen atoms in total. The number of hydrogen-bond acceptors (Lipinski definition) is 4. The van der Waals surface area contributed by atoms with E-state index in [4.69, 9.17) is 5.11 Å². The molecule has 1 aromatic heterocycles. The van der Waals surface area contributed by atoms with Crippen LogP contribution in [0.2, 0.25) is 0 Å². The Bertz CT molecular complexity index is 380. The number of hydrogen-bond donors (Lipinski definition) is 1. The van der Waals surface area contributed by atoms with E-state index < -0.39 is 0 Å². The zero-order chi connectivity index (χ0) is 11.5. The van der Waals surface area contributed by atoms with Crippen LogP contribution in [0.4, 0.5) is 0 Å². The first-order chi connectivity index (χ1) is 7.70. The van der Waals surface area contributed by atoms with Crippen LogP contribution >= 0.6 is 27.3 Å². The van der Waals surface area contributed by atoms with E-state index in [-0.39, 0.29) is 12.4 Å². The van der Waals surface area contributed by atoms with Crippen molar-refractivity contribution in [1.82, 2.24) is 4.90 Å². The van der Waals surface area contributed by atoms with Gasteiger partial charge in [-0.3, -0.25) is 9.69 Å². The summed E-state index contributed by atoms with van der Waals surface area (Å²) in [6.45, 7) is 2.45. The van der Waals surface area contributed by atoms with Crippen LogP contribution in [0.15, 0.2) is 15.9 Å². The third-order valence-electron chi connectivity index (χ3n) is 2.87. The quantitative estimate of drug-likeness (QED) is 0.865. The third kappa shape index (κ3) is 2.71. The number of rotatable bonds is 4. The van der Waals surface area contributed by atoms with Crippen molar-refractivity contribution < 1.29 is 9.90 Å². The SMILES string of the molecule is O=C(CN1CCC(CO)C1)c1sccc1Br. The molecule has 0 saturated carbocycles. The van der Waals surface area contributed by atoms with Gasteiger partial charge in [0, 0.05) is 17.6 Å². The largest absolute Gasteiger partial charge is 0.396 e. The maximum absolute atomic E-state index is 12.0. The van der Waals surface area contributed by atoms with Gasteiger partial charge in [0.05, 0.1) is 11.4 Å². The number of halogens is 1. The number of aliphatic hydroxyl groups is 1. The lowest BCUT2D eigenvalue weighted by atomic mass is 10.1. The predicted octanol–water partition coefficient (Wildman–Crippen LogP) is 2.01. The second-order valence-corrected chi connectivity index (χ2v) is 5.86. The Morgan fingerprint density at radius 1 is 1.69 bits per heavy atom. The number of likely N-dealkylation sites (tertiary alicyclic amines) is 1. The summed E-state index contributed by atoms with van der Waals surface area (Å²) in [4.78, 5) is 14.9. The van der Waals surface area contributed by atoms with Gasteiger partial charge in [0.25, 0.3) is 0 Å². The molecule has 2 heterocycles. The van der Waals surface area contributed by atoms with Crippen molar-refractivity contribution in [2.24, 2.45) is 5.92 Å². The maximum atomic E-state index is 12.0. The standard InChI is InChI=1S/C11H14BrNO2S/c12-9-2-4-16-11(9)10(15)6-13-3-1-8(5-13)7-14/h2,4,8,14H,1,3,5-7H2. The molecule has 16 heavy (non-hydrogen) atoms. The van der Waals surface area contributed by atoms with Crippen molar-refractivity contribution in [3.05, 3.63) is 20.8 Å². The molecule has 1 atom stereocenters. The minimum absolute atomic E-state index is 0.167. The summed E-state index contributed by atoms with van der Waals surface area (Å²) in [5.41, 5.74) is 0. The third-order valence-corrected chi connectivity index (χ3v) is 4.74. The molecule has 5 heteroatoms. The van der Waals surface area contributed by atoms with Crippen molar-refractivity contribution in [2.45, 2.75) is 6.42 Å². The van der Waals surface area contributed by atoms with E-state index in [0.29, 0.717) is 12.5 Å². The van der Waals surface area contributed by atoms with Gasteiger partial charge in [0.15, 0.2) is 5.78 Å². The van der Waals surface area contributed by atoms with Gasteiger partial charge in [-0.05, 0) is 46.3 Å². The Kier molecular flexibility index (Phi) is 4.13. The Hall–Kier alpha value is -0.230. The van der Waals surface area contributed by atoms with E-state index in [0.717, 1.165) is 28.9 Å². The van der Waals surface area contributed by atoms with Crippen LogP contribution in [0.3, 0.4) is 0 Å². The Morgan fingerprint density at radius 3 is 3.06 bits per heavy atom. The van der Waals surface area contributed by atoms with Gasteiger partial charge in [0.1, 0.15) is 0 Å². The van der Waals surface area contributed by atoms with Gasteiger partial charge in [0.2, 0.25) is 0 Å². The first-order valence-electron chi connectivity index (χ1n) is 5.30. The number of carbonyl (C=O) groups is 1. The fourth-order valence-corrected chi connectivity index (χ4v) is 3.50. The van der Waals surface area contributed by atoms with E-state index in [1.54, 1.807) is 0 Å². The molecule has 1 N–H and O–H groups in total. The van der Waals surface area contributed by atoms with Gasteiger partial charge in [-0.1, -0.05) is 0 Å². The van der Waals surface area contributed by atoms with Gasteiger partial charge in [-0.2, -0.15) is 0 Å². The molecule has 1 aliphatic heterocycles. The lowest BCUT2D eigenvalue weighted by Gasteiger charge is -2.13. The first-order valence-corrected chi connectivity index (χ1v) is 6.97. The summed E-state index contributed by atoms with van der Waals surface area (Å²) in [6.07, 6.45) is 0.995. The van der Waals surface area contributed by atoms with Crippen molar-refractivity contribution in [3.8, 4) is 0 Å². The minimum Gasteiger partial charge on any atom is -0.396 e. The summed E-state index contributed by atoms with van der Waals surface area (Å²) >= 11 is 4.85. The highest BCUT2D eigenvalue weighted by molar-refractivity contribution is 9.10. The van der Waals surface area contributed by atoms with Crippen molar-refractivity contribution >= 4 is 33.0 Å². The van der Waals surface area contributed by atoms with Gasteiger partial charge < -0.3 is 5.11 Å². The average Bonchev–Trinajstić information content (AvgIpc) is 2.86. The minimum atomic E-state index is 0.167. The molecular weight excluding hydrogens is 290 g/mol. The number of thiophene rings is 1. The Labute approximate surface area is 107 Å². The molecule has 1 aliphatic rings. The van der Waals surface area contributed by atoms with Gasteiger partial charge in [-0.25, -0.2) is 0 Å². The monoisotopic (exact) mass is 303 g/mol. The fraction of sp³-hybridized carbons (Fsp3) is 0.545. The number of ketones is 1. The zero-order valence-corrected chi connectivity index (χ0v) is 11.3. The fourth-order valence-electron chi connectivity index (χ4n) is 1.97. The second-order valence-electron chi connectivity index (χ2n) is 4.09. The van der Waals surface area contributed by atoms with Crippen molar-refractivity contribution in [1.29, 1.82) is 0 Å². The van der Waals surface area contributed by atoms with E-state index >= 15 is 0 Å². The summed E-state index contributed by atoms with van der Waals surface area (Å²) in [7, 11) is 0. The van der Waals surface area contributed by atoms with Crippen LogP contribution in [0.25, 0.3) is 0 Å². The Morgan fingerprint density at radius 2 is 2.50 bits per heavy atom. The molecule has 2 rings (SSSR count). The van der Waals surface area contributed by atoms with E-state index in [2.05, 4.69) is 20.8 Å². The smallest absolute Gasteiger partial charge is 0.187 e. The average molecular weight is 304 g/mol. The number of aliphatic hydroxyl groups excluding tert-OH is 1. The molecule has 1 unspecified atom stereocenters. The number of nitrogens with zero attached hydrogens (tertiary/aromatic N) is 1. The van der Waals surface area contributed by atoms with Crippen LogP contribution < -0.4 is 0 Å². The molecule has 0 radical (unpaired) electrons. The van der Waals surface area contributed by atoms with Crippen LogP contribution in [0.1, 0.15) is 16.1 Å². The molecule has 0 amide bonds. The molecule has 0 aromatic carbocycles. The summed E-state index contributed by atoms with van der Waals surface area (Å²) < 4.78 is 0.889. The molecule has 0 spiro atoms. The highest BCUT2D eigenvalue weighted by Gasteiger charge is 2.24. The van der Waals surface area contributed by atoms with E-state index in [9.17, 15) is 4.79 Å². The number of Topliss-reactive ketones (excluding diaryl/α,β-unsaturated/α-hetero) is 1. The van der Waals surface area contributed by atoms with Crippen LogP contribution in [-0.2, 0) is 0 Å². The lowest BCUT2D eigenvalue weighted by molar-refractivity contribution is 0.0943. The van der Waals surface area contributed by atoms with Crippen molar-refractivity contribution in [2.75, 3.05) is 26.2 Å². The molecule has 1 saturated heterocycles. The molecule has 1 aromatic rings. The lowest BCUT2D eigenvalue weighted by Crippen LogP contribution is -2.28. The van der Waals surface area contributed by atoms with Crippen molar-refractivity contribution in [3.63, 3.8) is 0 Å². The van der Waals surface area contributed by atoms with Crippen LogP contribution in [0, 0.1) is 5.92 Å². The molecular formula is C11H14BrNO2S. The molecule has 0 bridgehead atoms. The number of carbonyl (C=O) groups excluding carboxylic acids is 1. The summed E-state index contributed by atoms with van der Waals surface area (Å²) in [5, 5.41) is 10.9. The normalized spacial score (nSPS) is 21.5. The van der Waals surface area contributed by atoms with E-state index in [1.807, 2.05) is 11.4 Å². The highest BCUT2D eigenvalue weighted by Crippen LogP contribution is 2.24. The van der Waals surface area contributed by atoms with Gasteiger partial charge in [-0.15, -0.1) is 11.3 Å². The molecule has 88 valence electrons. The summed E-state index contributed by atoms with van der Waals surface area (Å²) in [6, 6.07) is 1.90. The molecule has 0 aliphatic carbocycles. The topological polar surface area (TPSA) is 40.5 Å². The van der Waals surface area contributed by atoms with Gasteiger partial charge >= 0.3 is 0 Å². The molecule has 1 fully saturated rings. The predicted molar refractivity (Wildman–Crippen MR) is 68.0 cm³/mol. The van der Waals surface area contributed by atoms with Crippen LogP contribution in [-0.4, -0.2) is 42.0 Å².